The molecule has 0 aliphatic carbocycles. The van der Waals surface area contributed by atoms with Crippen molar-refractivity contribution in [2.45, 2.75) is 18.4 Å². The third-order valence-corrected chi connectivity index (χ3v) is 5.25. The van der Waals surface area contributed by atoms with Crippen LogP contribution in [0.1, 0.15) is 22.8 Å². The summed E-state index contributed by atoms with van der Waals surface area (Å²) in [6.45, 7) is 1.80. The van der Waals surface area contributed by atoms with E-state index in [1.54, 1.807) is 37.3 Å². The number of nitrogens with one attached hydrogen (secondary N) is 1. The van der Waals surface area contributed by atoms with Crippen LogP contribution in [0.4, 0.5) is 0 Å². The van der Waals surface area contributed by atoms with Gasteiger partial charge in [-0.15, -0.1) is 0 Å². The Morgan fingerprint density at radius 3 is 2.74 bits per heavy atom. The summed E-state index contributed by atoms with van der Waals surface area (Å²) in [5.41, 5.74) is 1.05. The largest absolute Gasteiger partial charge is 0.454 e. The van der Waals surface area contributed by atoms with Crippen molar-refractivity contribution < 1.29 is 28.0 Å². The summed E-state index contributed by atoms with van der Waals surface area (Å²) in [7, 11) is -1.29. The van der Waals surface area contributed by atoms with Gasteiger partial charge in [-0.05, 0) is 29.8 Å². The minimum atomic E-state index is -1.29. The molecule has 27 heavy (non-hydrogen) atoms. The first kappa shape index (κ1) is 18.9. The van der Waals surface area contributed by atoms with Crippen molar-refractivity contribution in [3.63, 3.8) is 0 Å². The van der Waals surface area contributed by atoms with Crippen molar-refractivity contribution in [2.24, 2.45) is 0 Å². The SMILES string of the molecule is CC[S@@](=O)c1ccccc1C(=O)OCC(=O)NCc1ccc2c(c1)OCO2. The number of hydrogen-bond acceptors (Lipinski definition) is 6. The fraction of sp³-hybridized carbons (Fsp3) is 0.263. The van der Waals surface area contributed by atoms with Gasteiger partial charge < -0.3 is 19.5 Å². The Hall–Kier alpha value is -2.87. The van der Waals surface area contributed by atoms with Gasteiger partial charge in [0.2, 0.25) is 6.79 Å². The molecule has 0 saturated heterocycles. The molecule has 0 bridgehead atoms. The highest BCUT2D eigenvalue weighted by molar-refractivity contribution is 7.85. The van der Waals surface area contributed by atoms with Crippen molar-refractivity contribution in [1.29, 1.82) is 0 Å². The van der Waals surface area contributed by atoms with Crippen LogP contribution in [-0.4, -0.2) is 35.2 Å². The second-order valence-electron chi connectivity index (χ2n) is 5.67. The molecule has 0 unspecified atom stereocenters. The molecule has 1 N–H and O–H groups in total. The van der Waals surface area contributed by atoms with Crippen molar-refractivity contribution in [3.8, 4) is 11.5 Å². The molecule has 2 aromatic carbocycles. The van der Waals surface area contributed by atoms with E-state index in [0.717, 1.165) is 5.56 Å². The Morgan fingerprint density at radius 2 is 1.93 bits per heavy atom. The molecule has 8 heteroatoms. The van der Waals surface area contributed by atoms with Gasteiger partial charge in [-0.3, -0.25) is 9.00 Å². The zero-order valence-electron chi connectivity index (χ0n) is 14.7. The van der Waals surface area contributed by atoms with Crippen molar-refractivity contribution >= 4 is 22.7 Å². The average Bonchev–Trinajstić information content (AvgIpc) is 3.17. The molecule has 2 aromatic rings. The first-order valence-electron chi connectivity index (χ1n) is 8.38. The lowest BCUT2D eigenvalue weighted by Crippen LogP contribution is -2.28. The molecule has 7 nitrogen and oxygen atoms in total. The minimum absolute atomic E-state index is 0.186. The predicted octanol–water partition coefficient (Wildman–Crippen LogP) is 2.02. The lowest BCUT2D eigenvalue weighted by atomic mass is 10.2. The lowest BCUT2D eigenvalue weighted by molar-refractivity contribution is -0.124. The zero-order chi connectivity index (χ0) is 19.2. The zero-order valence-corrected chi connectivity index (χ0v) is 15.5. The maximum atomic E-state index is 12.2. The molecule has 1 atom stereocenters. The van der Waals surface area contributed by atoms with E-state index >= 15 is 0 Å². The number of benzene rings is 2. The van der Waals surface area contributed by atoms with Gasteiger partial charge in [0.25, 0.3) is 5.91 Å². The first-order chi connectivity index (χ1) is 13.1. The summed E-state index contributed by atoms with van der Waals surface area (Å²) in [4.78, 5) is 24.6. The predicted molar refractivity (Wildman–Crippen MR) is 98.1 cm³/mol. The summed E-state index contributed by atoms with van der Waals surface area (Å²) >= 11 is 0. The van der Waals surface area contributed by atoms with Crippen LogP contribution >= 0.6 is 0 Å². The number of fused-ring (bicyclic) bond motifs is 1. The fourth-order valence-corrected chi connectivity index (χ4v) is 3.44. The number of hydrogen-bond donors (Lipinski definition) is 1. The maximum Gasteiger partial charge on any atom is 0.339 e. The summed E-state index contributed by atoms with van der Waals surface area (Å²) in [5, 5.41) is 2.67. The highest BCUT2D eigenvalue weighted by Crippen LogP contribution is 2.32. The van der Waals surface area contributed by atoms with Crippen LogP contribution in [-0.2, 0) is 26.9 Å². The van der Waals surface area contributed by atoms with Crippen LogP contribution in [0.15, 0.2) is 47.4 Å². The Bertz CT molecular complexity index is 882. The van der Waals surface area contributed by atoms with Gasteiger partial charge in [0.15, 0.2) is 18.1 Å². The summed E-state index contributed by atoms with van der Waals surface area (Å²) in [6.07, 6.45) is 0. The Balaban J connectivity index is 1.52. The molecule has 0 spiro atoms. The molecule has 0 radical (unpaired) electrons. The van der Waals surface area contributed by atoms with E-state index in [2.05, 4.69) is 5.32 Å². The summed E-state index contributed by atoms with van der Waals surface area (Å²) < 4.78 is 27.6. The van der Waals surface area contributed by atoms with Crippen LogP contribution in [0.3, 0.4) is 0 Å². The summed E-state index contributed by atoms with van der Waals surface area (Å²) in [6, 6.07) is 11.9. The Morgan fingerprint density at radius 1 is 1.15 bits per heavy atom. The highest BCUT2D eigenvalue weighted by atomic mass is 32.2. The van der Waals surface area contributed by atoms with Crippen LogP contribution in [0, 0.1) is 0 Å². The third-order valence-electron chi connectivity index (χ3n) is 3.88. The Labute approximate surface area is 159 Å². The van der Waals surface area contributed by atoms with E-state index in [0.29, 0.717) is 22.1 Å². The quantitative estimate of drug-likeness (QED) is 0.729. The number of carbonyl (C=O) groups is 2. The van der Waals surface area contributed by atoms with E-state index in [9.17, 15) is 13.8 Å². The molecule has 1 amide bonds. The third kappa shape index (κ3) is 4.65. The van der Waals surface area contributed by atoms with E-state index in [1.165, 1.54) is 6.07 Å². The lowest BCUT2D eigenvalue weighted by Gasteiger charge is -2.09. The van der Waals surface area contributed by atoms with Gasteiger partial charge in [-0.25, -0.2) is 4.79 Å². The average molecular weight is 389 g/mol. The van der Waals surface area contributed by atoms with E-state index in [4.69, 9.17) is 14.2 Å². The van der Waals surface area contributed by atoms with E-state index in [-0.39, 0.29) is 18.9 Å². The van der Waals surface area contributed by atoms with Gasteiger partial charge in [0.05, 0.1) is 21.3 Å². The number of amides is 1. The molecule has 3 rings (SSSR count). The maximum absolute atomic E-state index is 12.2. The van der Waals surface area contributed by atoms with Gasteiger partial charge in [0, 0.05) is 12.3 Å². The van der Waals surface area contributed by atoms with Crippen LogP contribution in [0.5, 0.6) is 11.5 Å². The topological polar surface area (TPSA) is 90.9 Å². The molecule has 1 aliphatic rings. The summed E-state index contributed by atoms with van der Waals surface area (Å²) in [5.74, 6) is 0.580. The molecule has 0 fully saturated rings. The minimum Gasteiger partial charge on any atom is -0.454 e. The van der Waals surface area contributed by atoms with Crippen molar-refractivity contribution in [3.05, 3.63) is 53.6 Å². The van der Waals surface area contributed by atoms with Crippen molar-refractivity contribution in [1.82, 2.24) is 5.32 Å². The Kier molecular flexibility index (Phi) is 6.08. The molecule has 0 saturated carbocycles. The van der Waals surface area contributed by atoms with Gasteiger partial charge in [-0.2, -0.15) is 0 Å². The first-order valence-corrected chi connectivity index (χ1v) is 9.70. The van der Waals surface area contributed by atoms with E-state index < -0.39 is 29.3 Å². The second kappa shape index (κ2) is 8.68. The molecule has 142 valence electrons. The smallest absolute Gasteiger partial charge is 0.339 e. The van der Waals surface area contributed by atoms with Crippen molar-refractivity contribution in [2.75, 3.05) is 19.2 Å². The normalized spacial score (nSPS) is 13.1. The van der Waals surface area contributed by atoms with Gasteiger partial charge in [-0.1, -0.05) is 25.1 Å². The molecular weight excluding hydrogens is 370 g/mol. The molecule has 0 aromatic heterocycles. The number of ether oxygens (including phenoxy) is 3. The highest BCUT2D eigenvalue weighted by Gasteiger charge is 2.17. The van der Waals surface area contributed by atoms with Gasteiger partial charge in [0.1, 0.15) is 0 Å². The van der Waals surface area contributed by atoms with Gasteiger partial charge >= 0.3 is 5.97 Å². The van der Waals surface area contributed by atoms with Crippen LogP contribution in [0.25, 0.3) is 0 Å². The van der Waals surface area contributed by atoms with Crippen LogP contribution in [0.2, 0.25) is 0 Å². The standard InChI is InChI=1S/C19H19NO6S/c1-2-27(23)17-6-4-3-5-14(17)19(22)24-11-18(21)20-10-13-7-8-15-16(9-13)26-12-25-15/h3-9H,2,10-12H2,1H3,(H,20,21)/t27-/m1/s1. The number of carbonyl (C=O) groups excluding carboxylic acids is 2. The second-order valence-corrected chi connectivity index (χ2v) is 7.38. The molecule has 1 aliphatic heterocycles. The van der Waals surface area contributed by atoms with Crippen LogP contribution < -0.4 is 14.8 Å². The van der Waals surface area contributed by atoms with E-state index in [1.807, 2.05) is 6.07 Å². The molecular formula is C19H19NO6S. The fourth-order valence-electron chi connectivity index (χ4n) is 2.50. The molecule has 1 heterocycles. The number of esters is 1. The monoisotopic (exact) mass is 389 g/mol. The number of rotatable bonds is 7.